The fourth-order valence-electron chi connectivity index (χ4n) is 8.86. The van der Waals surface area contributed by atoms with Crippen LogP contribution in [-0.2, 0) is 14.3 Å². The van der Waals surface area contributed by atoms with Crippen molar-refractivity contribution in [1.82, 2.24) is 45.4 Å². The summed E-state index contributed by atoms with van der Waals surface area (Å²) in [6.45, 7) is 1.19. The third-order valence-electron chi connectivity index (χ3n) is 12.0. The van der Waals surface area contributed by atoms with Crippen LogP contribution >= 0.6 is 0 Å². The Labute approximate surface area is 357 Å². The molecule has 2 aliphatic rings. The molecule has 5 N–H and O–H groups in total. The minimum Gasteiger partial charge on any atom is -0.453 e. The Balaban J connectivity index is 0.909. The molecule has 0 saturated carbocycles. The predicted molar refractivity (Wildman–Crippen MR) is 232 cm³/mol. The van der Waals surface area contributed by atoms with Crippen molar-refractivity contribution in [2.75, 3.05) is 27.3 Å². The monoisotopic (exact) mass is 833 g/mol. The van der Waals surface area contributed by atoms with Gasteiger partial charge in [0.1, 0.15) is 18.1 Å². The molecule has 2 fully saturated rings. The van der Waals surface area contributed by atoms with E-state index in [2.05, 4.69) is 55.9 Å². The number of carbonyl (C=O) groups excluding carboxylic acids is 3. The van der Waals surface area contributed by atoms with Crippen LogP contribution in [0.25, 0.3) is 44.6 Å². The van der Waals surface area contributed by atoms with Gasteiger partial charge in [0.05, 0.1) is 42.9 Å². The standard InChI is InChI=1S/C47H47N9O6/c1-61-46(59)52-40(30-11-5-3-6-12-30)44(57)55-21-9-15-38(55)33-24-36-35(48-27-33)25-34(50-36)29-19-17-28(18-20-29)32-23-37-42(49-26-32)54-43(51-37)39-16-10-22-56(39)45(58)41(53-47(60)62-2)31-13-7-4-8-14-31/h3-8,11-14,17-20,23-27,38-41,44,50,57H,9-10,15-16,21-22H2,1-2H3,(H,52,59)(H,53,60)(H,49,51,54). The van der Waals surface area contributed by atoms with Crippen molar-refractivity contribution in [2.45, 2.75) is 56.1 Å². The van der Waals surface area contributed by atoms with E-state index in [4.69, 9.17) is 19.4 Å². The number of carbonyl (C=O) groups is 3. The Bertz CT molecular complexity index is 2710. The summed E-state index contributed by atoms with van der Waals surface area (Å²) in [5.41, 5.74) is 9.25. The van der Waals surface area contributed by atoms with E-state index in [1.165, 1.54) is 14.2 Å². The molecule has 15 heteroatoms. The quantitative estimate of drug-likeness (QED) is 0.0874. The molecule has 5 unspecified atom stereocenters. The number of pyridine rings is 2. The number of H-pyrrole nitrogens is 2. The van der Waals surface area contributed by atoms with Crippen LogP contribution in [0.3, 0.4) is 0 Å². The number of nitrogens with zero attached hydrogens (tertiary/aromatic N) is 5. The molecule has 6 heterocycles. The van der Waals surface area contributed by atoms with Crippen molar-refractivity contribution < 1.29 is 29.0 Å². The van der Waals surface area contributed by atoms with E-state index in [1.54, 1.807) is 11.1 Å². The molecule has 0 bridgehead atoms. The molecule has 0 spiro atoms. The van der Waals surface area contributed by atoms with Gasteiger partial charge in [-0.3, -0.25) is 14.7 Å². The van der Waals surface area contributed by atoms with Crippen LogP contribution in [0.5, 0.6) is 0 Å². The first-order valence-corrected chi connectivity index (χ1v) is 20.8. The molecule has 316 valence electrons. The van der Waals surface area contributed by atoms with Gasteiger partial charge in [-0.2, -0.15) is 0 Å². The van der Waals surface area contributed by atoms with Crippen molar-refractivity contribution >= 4 is 40.3 Å². The molecule has 3 amide bonds. The van der Waals surface area contributed by atoms with Crippen LogP contribution in [0.4, 0.5) is 9.59 Å². The Morgan fingerprint density at radius 2 is 1.40 bits per heavy atom. The molecule has 62 heavy (non-hydrogen) atoms. The Hall–Kier alpha value is -7.10. The molecule has 5 atom stereocenters. The van der Waals surface area contributed by atoms with Crippen LogP contribution in [-0.4, -0.2) is 91.5 Å². The molecule has 3 aromatic carbocycles. The molecule has 2 aliphatic heterocycles. The number of methoxy groups -OCH3 is 2. The average molecular weight is 834 g/mol. The third kappa shape index (κ3) is 8.07. The third-order valence-corrected chi connectivity index (χ3v) is 12.0. The number of fused-ring (bicyclic) bond motifs is 2. The van der Waals surface area contributed by atoms with Crippen molar-refractivity contribution in [2.24, 2.45) is 0 Å². The maximum atomic E-state index is 14.0. The highest BCUT2D eigenvalue weighted by atomic mass is 16.5. The molecule has 9 rings (SSSR count). The number of hydrogen-bond donors (Lipinski definition) is 5. The van der Waals surface area contributed by atoms with E-state index in [0.717, 1.165) is 75.7 Å². The van der Waals surface area contributed by atoms with E-state index in [0.29, 0.717) is 30.1 Å². The van der Waals surface area contributed by atoms with Gasteiger partial charge in [0.25, 0.3) is 5.91 Å². The van der Waals surface area contributed by atoms with Crippen molar-refractivity contribution in [1.29, 1.82) is 0 Å². The van der Waals surface area contributed by atoms with Gasteiger partial charge >= 0.3 is 12.2 Å². The number of hydrogen-bond acceptors (Lipinski definition) is 10. The second-order valence-corrected chi connectivity index (χ2v) is 15.7. The van der Waals surface area contributed by atoms with E-state index < -0.39 is 30.5 Å². The zero-order chi connectivity index (χ0) is 42.7. The van der Waals surface area contributed by atoms with Gasteiger partial charge in [-0.1, -0.05) is 84.9 Å². The molecule has 0 radical (unpaired) electrons. The van der Waals surface area contributed by atoms with E-state index in [1.807, 2.05) is 83.9 Å². The highest BCUT2D eigenvalue weighted by Crippen LogP contribution is 2.38. The number of imidazole rings is 1. The SMILES string of the molecule is COC(=O)NC(C(=O)N1CCCC1c1nc2ncc(-c3ccc(-c4cc5ncc(C6CCCN6C(O)C(NC(=O)OC)c6ccccc6)cc5[nH]4)cc3)cc2[nH]1)c1ccccc1. The Morgan fingerprint density at radius 3 is 2.15 bits per heavy atom. The molecule has 7 aromatic rings. The van der Waals surface area contributed by atoms with Crippen LogP contribution in [0.2, 0.25) is 0 Å². The molecule has 2 saturated heterocycles. The van der Waals surface area contributed by atoms with Gasteiger partial charge in [-0.15, -0.1) is 0 Å². The van der Waals surface area contributed by atoms with Crippen LogP contribution in [0.1, 0.15) is 72.4 Å². The summed E-state index contributed by atoms with van der Waals surface area (Å²) in [6.07, 6.45) is 4.63. The van der Waals surface area contributed by atoms with Gasteiger partial charge < -0.3 is 40.1 Å². The molecule has 4 aromatic heterocycles. The van der Waals surface area contributed by atoms with E-state index in [-0.39, 0.29) is 18.0 Å². The Morgan fingerprint density at radius 1 is 0.726 bits per heavy atom. The summed E-state index contributed by atoms with van der Waals surface area (Å²) in [5.74, 6) is 0.416. The summed E-state index contributed by atoms with van der Waals surface area (Å²) in [7, 11) is 2.59. The highest BCUT2D eigenvalue weighted by Gasteiger charge is 2.38. The minimum atomic E-state index is -0.992. The first kappa shape index (κ1) is 40.3. The summed E-state index contributed by atoms with van der Waals surface area (Å²) < 4.78 is 9.73. The lowest BCUT2D eigenvalue weighted by Crippen LogP contribution is -2.46. The second-order valence-electron chi connectivity index (χ2n) is 15.7. The zero-order valence-corrected chi connectivity index (χ0v) is 34.3. The predicted octanol–water partition coefficient (Wildman–Crippen LogP) is 7.48. The smallest absolute Gasteiger partial charge is 0.407 e. The van der Waals surface area contributed by atoms with Crippen molar-refractivity contribution in [3.05, 3.63) is 138 Å². The van der Waals surface area contributed by atoms with E-state index >= 15 is 0 Å². The lowest BCUT2D eigenvalue weighted by atomic mass is 10.0. The van der Waals surface area contributed by atoms with Gasteiger partial charge in [0.2, 0.25) is 0 Å². The number of aromatic nitrogens is 5. The number of rotatable bonds is 11. The number of aromatic amines is 2. The fourth-order valence-corrected chi connectivity index (χ4v) is 8.86. The van der Waals surface area contributed by atoms with Crippen molar-refractivity contribution in [3.63, 3.8) is 0 Å². The summed E-state index contributed by atoms with van der Waals surface area (Å²) in [4.78, 5) is 63.7. The lowest BCUT2D eigenvalue weighted by molar-refractivity contribution is -0.134. The van der Waals surface area contributed by atoms with Gasteiger partial charge in [-0.05, 0) is 71.7 Å². The number of ether oxygens (including phenoxy) is 2. The van der Waals surface area contributed by atoms with Crippen LogP contribution < -0.4 is 10.6 Å². The van der Waals surface area contributed by atoms with E-state index in [9.17, 15) is 19.5 Å². The zero-order valence-electron chi connectivity index (χ0n) is 34.3. The number of nitrogens with one attached hydrogen (secondary N) is 4. The summed E-state index contributed by atoms with van der Waals surface area (Å²) >= 11 is 0. The second kappa shape index (κ2) is 17.5. The number of aliphatic hydroxyl groups is 1. The molecule has 0 aliphatic carbocycles. The maximum Gasteiger partial charge on any atom is 0.407 e. The van der Waals surface area contributed by atoms with Crippen LogP contribution in [0.15, 0.2) is 116 Å². The van der Waals surface area contributed by atoms with Crippen LogP contribution in [0, 0.1) is 0 Å². The molecular weight excluding hydrogens is 787 g/mol. The molecule has 15 nitrogen and oxygen atoms in total. The fraction of sp³-hybridized carbons (Fsp3) is 0.277. The number of likely N-dealkylation sites (tertiary alicyclic amines) is 2. The lowest BCUT2D eigenvalue weighted by Gasteiger charge is -2.35. The first-order valence-electron chi connectivity index (χ1n) is 20.8. The normalized spacial score (nSPS) is 18.1. The van der Waals surface area contributed by atoms with Gasteiger partial charge in [0.15, 0.2) is 5.65 Å². The largest absolute Gasteiger partial charge is 0.453 e. The number of benzene rings is 3. The number of alkyl carbamates (subject to hydrolysis) is 2. The minimum absolute atomic E-state index is 0.0996. The number of aliphatic hydroxyl groups excluding tert-OH is 1. The number of amides is 3. The summed E-state index contributed by atoms with van der Waals surface area (Å²) in [5, 5.41) is 17.2. The Kier molecular flexibility index (Phi) is 11.4. The van der Waals surface area contributed by atoms with Gasteiger partial charge in [0, 0.05) is 42.8 Å². The highest BCUT2D eigenvalue weighted by molar-refractivity contribution is 5.88. The first-order chi connectivity index (χ1) is 30.3. The van der Waals surface area contributed by atoms with Gasteiger partial charge in [-0.25, -0.2) is 19.6 Å². The topological polar surface area (TPSA) is 191 Å². The maximum absolute atomic E-state index is 14.0. The van der Waals surface area contributed by atoms with Crippen molar-refractivity contribution in [3.8, 4) is 22.4 Å². The molecular formula is C47H47N9O6. The summed E-state index contributed by atoms with van der Waals surface area (Å²) in [6, 6.07) is 31.0. The average Bonchev–Trinajstić information content (AvgIpc) is 4.16.